The molecule has 3 nitrogen and oxygen atoms in total. The van der Waals surface area contributed by atoms with Crippen molar-refractivity contribution < 1.29 is 17.9 Å². The molecule has 0 spiro atoms. The molecule has 0 saturated carbocycles. The monoisotopic (exact) mass is 246 g/mol. The molecule has 0 aliphatic carbocycles. The molecule has 1 aromatic heterocycles. The van der Waals surface area contributed by atoms with Gasteiger partial charge in [0.25, 0.3) is 0 Å². The number of likely N-dealkylation sites (N-methyl/N-ethyl adjacent to an activating group) is 1. The largest absolute Gasteiger partial charge is 0.488 e. The van der Waals surface area contributed by atoms with E-state index in [0.29, 0.717) is 19.0 Å². The molecule has 0 saturated heterocycles. The third kappa shape index (κ3) is 2.16. The molecule has 1 atom stereocenters. The molecule has 94 valence electrons. The van der Waals surface area contributed by atoms with Crippen LogP contribution in [0.4, 0.5) is 19.0 Å². The standard InChI is InChI=1S/C11H13F3N2O/c1-3-16-7(2)6-17-9-4-8(11(12,13)14)5-15-10(9)16/h4-5,7H,3,6H2,1-2H3/t7-/m0/s1. The fourth-order valence-corrected chi connectivity index (χ4v) is 1.88. The van der Waals surface area contributed by atoms with E-state index in [-0.39, 0.29) is 11.8 Å². The number of rotatable bonds is 1. The number of pyridine rings is 1. The van der Waals surface area contributed by atoms with E-state index in [0.717, 1.165) is 12.3 Å². The summed E-state index contributed by atoms with van der Waals surface area (Å²) in [5.41, 5.74) is -0.776. The number of nitrogens with zero attached hydrogens (tertiary/aromatic N) is 2. The van der Waals surface area contributed by atoms with Crippen molar-refractivity contribution in [2.45, 2.75) is 26.1 Å². The zero-order valence-corrected chi connectivity index (χ0v) is 9.58. The van der Waals surface area contributed by atoms with Gasteiger partial charge in [-0.15, -0.1) is 0 Å². The van der Waals surface area contributed by atoms with Gasteiger partial charge < -0.3 is 9.64 Å². The van der Waals surface area contributed by atoms with Gasteiger partial charge in [0, 0.05) is 12.7 Å². The van der Waals surface area contributed by atoms with Gasteiger partial charge in [0.15, 0.2) is 11.6 Å². The van der Waals surface area contributed by atoms with Crippen LogP contribution in [0, 0.1) is 0 Å². The normalized spacial score (nSPS) is 19.8. The first-order chi connectivity index (χ1) is 7.93. The maximum absolute atomic E-state index is 12.5. The van der Waals surface area contributed by atoms with Gasteiger partial charge in [0.1, 0.15) is 6.61 Å². The van der Waals surface area contributed by atoms with Gasteiger partial charge in [0.2, 0.25) is 0 Å². The van der Waals surface area contributed by atoms with Crippen molar-refractivity contribution in [3.05, 3.63) is 17.8 Å². The molecule has 17 heavy (non-hydrogen) atoms. The van der Waals surface area contributed by atoms with Crippen molar-refractivity contribution in [2.24, 2.45) is 0 Å². The van der Waals surface area contributed by atoms with Crippen LogP contribution in [0.1, 0.15) is 19.4 Å². The molecule has 1 aromatic rings. The van der Waals surface area contributed by atoms with Crippen molar-refractivity contribution in [3.8, 4) is 5.75 Å². The predicted molar refractivity (Wildman–Crippen MR) is 57.2 cm³/mol. The Morgan fingerprint density at radius 2 is 2.24 bits per heavy atom. The minimum atomic E-state index is -4.38. The van der Waals surface area contributed by atoms with Crippen LogP contribution in [0.3, 0.4) is 0 Å². The van der Waals surface area contributed by atoms with Gasteiger partial charge in [-0.05, 0) is 19.9 Å². The van der Waals surface area contributed by atoms with Crippen molar-refractivity contribution in [1.29, 1.82) is 0 Å². The summed E-state index contributed by atoms with van der Waals surface area (Å²) in [5, 5.41) is 0. The van der Waals surface area contributed by atoms with E-state index in [9.17, 15) is 13.2 Å². The summed E-state index contributed by atoms with van der Waals surface area (Å²) >= 11 is 0. The molecule has 0 unspecified atom stereocenters. The highest BCUT2D eigenvalue weighted by atomic mass is 19.4. The number of hydrogen-bond donors (Lipinski definition) is 0. The van der Waals surface area contributed by atoms with E-state index in [4.69, 9.17) is 4.74 Å². The van der Waals surface area contributed by atoms with Crippen LogP contribution in [0.25, 0.3) is 0 Å². The fourth-order valence-electron chi connectivity index (χ4n) is 1.88. The number of hydrogen-bond acceptors (Lipinski definition) is 3. The maximum Gasteiger partial charge on any atom is 0.418 e. The second kappa shape index (κ2) is 4.09. The summed E-state index contributed by atoms with van der Waals surface area (Å²) in [7, 11) is 0. The Bertz CT molecular complexity index is 420. The summed E-state index contributed by atoms with van der Waals surface area (Å²) in [4.78, 5) is 5.80. The zero-order chi connectivity index (χ0) is 12.6. The van der Waals surface area contributed by atoms with Crippen LogP contribution < -0.4 is 9.64 Å². The van der Waals surface area contributed by atoms with Gasteiger partial charge in [0.05, 0.1) is 11.6 Å². The van der Waals surface area contributed by atoms with Gasteiger partial charge in [-0.3, -0.25) is 0 Å². The highest BCUT2D eigenvalue weighted by Gasteiger charge is 2.34. The number of anilines is 1. The number of ether oxygens (including phenoxy) is 1. The molecule has 0 fully saturated rings. The van der Waals surface area contributed by atoms with E-state index >= 15 is 0 Å². The Balaban J connectivity index is 2.41. The van der Waals surface area contributed by atoms with E-state index < -0.39 is 11.7 Å². The van der Waals surface area contributed by atoms with E-state index in [1.54, 1.807) is 0 Å². The van der Waals surface area contributed by atoms with Crippen LogP contribution in [0.15, 0.2) is 12.3 Å². The van der Waals surface area contributed by atoms with Crippen LogP contribution in [0.2, 0.25) is 0 Å². The van der Waals surface area contributed by atoms with E-state index in [1.807, 2.05) is 18.7 Å². The summed E-state index contributed by atoms with van der Waals surface area (Å²) < 4.78 is 42.8. The highest BCUT2D eigenvalue weighted by molar-refractivity contribution is 5.56. The minimum absolute atomic E-state index is 0.122. The van der Waals surface area contributed by atoms with Gasteiger partial charge in [-0.1, -0.05) is 0 Å². The molecule has 0 aromatic carbocycles. The molecule has 0 N–H and O–H groups in total. The van der Waals surface area contributed by atoms with Gasteiger partial charge in [-0.2, -0.15) is 13.2 Å². The summed E-state index contributed by atoms with van der Waals surface area (Å²) in [6.07, 6.45) is -3.53. The lowest BCUT2D eigenvalue weighted by Gasteiger charge is -2.35. The third-order valence-electron chi connectivity index (χ3n) is 2.79. The molecule has 2 rings (SSSR count). The quantitative estimate of drug-likeness (QED) is 0.761. The molecular formula is C11H13F3N2O. The number of halogens is 3. The fraction of sp³-hybridized carbons (Fsp3) is 0.545. The van der Waals surface area contributed by atoms with E-state index in [2.05, 4.69) is 4.98 Å². The molecule has 6 heteroatoms. The zero-order valence-electron chi connectivity index (χ0n) is 9.58. The highest BCUT2D eigenvalue weighted by Crippen LogP contribution is 2.37. The maximum atomic E-state index is 12.5. The molecular weight excluding hydrogens is 233 g/mol. The Morgan fingerprint density at radius 3 is 2.82 bits per heavy atom. The number of aromatic nitrogens is 1. The van der Waals surface area contributed by atoms with Crippen LogP contribution in [-0.4, -0.2) is 24.2 Å². The Hall–Kier alpha value is -1.46. The predicted octanol–water partition coefficient (Wildman–Crippen LogP) is 2.71. The Kier molecular flexibility index (Phi) is 2.89. The molecule has 0 radical (unpaired) electrons. The first-order valence-electron chi connectivity index (χ1n) is 5.40. The topological polar surface area (TPSA) is 25.4 Å². The minimum Gasteiger partial charge on any atom is -0.488 e. The lowest BCUT2D eigenvalue weighted by Crippen LogP contribution is -2.41. The average Bonchev–Trinajstić information content (AvgIpc) is 2.27. The van der Waals surface area contributed by atoms with Crippen molar-refractivity contribution in [1.82, 2.24) is 4.98 Å². The lowest BCUT2D eigenvalue weighted by atomic mass is 10.2. The molecule has 0 amide bonds. The van der Waals surface area contributed by atoms with Crippen LogP contribution >= 0.6 is 0 Å². The number of alkyl halides is 3. The Morgan fingerprint density at radius 1 is 1.53 bits per heavy atom. The molecule has 0 bridgehead atoms. The van der Waals surface area contributed by atoms with Gasteiger partial charge >= 0.3 is 6.18 Å². The van der Waals surface area contributed by atoms with Crippen molar-refractivity contribution in [2.75, 3.05) is 18.1 Å². The molecule has 2 heterocycles. The third-order valence-corrected chi connectivity index (χ3v) is 2.79. The summed E-state index contributed by atoms with van der Waals surface area (Å²) in [5.74, 6) is 0.694. The first kappa shape index (κ1) is 12.0. The second-order valence-electron chi connectivity index (χ2n) is 3.99. The van der Waals surface area contributed by atoms with E-state index in [1.165, 1.54) is 0 Å². The van der Waals surface area contributed by atoms with Crippen LogP contribution in [-0.2, 0) is 6.18 Å². The SMILES string of the molecule is CCN1c2ncc(C(F)(F)F)cc2OC[C@@H]1C. The number of fused-ring (bicyclic) bond motifs is 1. The molecule has 1 aliphatic rings. The summed E-state index contributed by atoms with van der Waals surface area (Å²) in [6, 6.07) is 1.13. The van der Waals surface area contributed by atoms with Crippen molar-refractivity contribution >= 4 is 5.82 Å². The van der Waals surface area contributed by atoms with Gasteiger partial charge in [-0.25, -0.2) is 4.98 Å². The van der Waals surface area contributed by atoms with Crippen LogP contribution in [0.5, 0.6) is 5.75 Å². The second-order valence-corrected chi connectivity index (χ2v) is 3.99. The summed E-state index contributed by atoms with van der Waals surface area (Å²) in [6.45, 7) is 4.95. The first-order valence-corrected chi connectivity index (χ1v) is 5.40. The average molecular weight is 246 g/mol. The Labute approximate surface area is 97.2 Å². The molecule has 1 aliphatic heterocycles. The van der Waals surface area contributed by atoms with Crippen molar-refractivity contribution in [3.63, 3.8) is 0 Å². The lowest BCUT2D eigenvalue weighted by molar-refractivity contribution is -0.137. The smallest absolute Gasteiger partial charge is 0.418 e.